The molecule has 6 heteroatoms. The zero-order valence-corrected chi connectivity index (χ0v) is 27.1. The Hall–Kier alpha value is -1.13. The summed E-state index contributed by atoms with van der Waals surface area (Å²) >= 11 is 3.37. The molecular formula is C29H44O2S2Si2. The molecule has 2 aromatic heterocycles. The van der Waals surface area contributed by atoms with Crippen LogP contribution in [0.4, 0.5) is 0 Å². The molecule has 0 atom stereocenters. The van der Waals surface area contributed by atoms with Gasteiger partial charge in [0.25, 0.3) is 0 Å². The third-order valence-electron chi connectivity index (χ3n) is 7.48. The standard InChI is InChI=1S/C29H44O2S2Si2/c1-27(2,3)34(7,8)30-23-29(19-11-15-25-17-13-21-32-25,20-12-16-26-18-14-22-33-26)24-31-35(9,10)28(4,5)6/h13-14,17-18,21-22H,19-20,23-24H2,1-10H3. The molecule has 0 aliphatic heterocycles. The molecule has 0 fully saturated rings. The second-order valence-corrected chi connectivity index (χ2v) is 24.0. The van der Waals surface area contributed by atoms with Crippen LogP contribution in [0.2, 0.25) is 36.3 Å². The maximum atomic E-state index is 6.83. The SMILES string of the molecule is CC(C)(C)[Si](C)(C)OCC(CC#Cc1cccs1)(CC#Cc1cccs1)CO[Si](C)(C)C(C)(C)C. The summed E-state index contributed by atoms with van der Waals surface area (Å²) < 4.78 is 13.7. The van der Waals surface area contributed by atoms with Crippen molar-refractivity contribution in [2.24, 2.45) is 5.41 Å². The fourth-order valence-corrected chi connectivity index (χ4v) is 6.13. The first-order valence-corrected chi connectivity index (χ1v) is 20.0. The lowest BCUT2D eigenvalue weighted by Gasteiger charge is -2.43. The molecule has 0 unspecified atom stereocenters. The molecule has 2 rings (SSSR count). The van der Waals surface area contributed by atoms with E-state index >= 15 is 0 Å². The van der Waals surface area contributed by atoms with Crippen LogP contribution in [0.3, 0.4) is 0 Å². The summed E-state index contributed by atoms with van der Waals surface area (Å²) in [5, 5.41) is 4.43. The first-order valence-electron chi connectivity index (χ1n) is 12.4. The number of rotatable bonds is 8. The molecule has 192 valence electrons. The first-order chi connectivity index (χ1) is 16.1. The molecule has 2 heterocycles. The van der Waals surface area contributed by atoms with Crippen molar-refractivity contribution in [2.75, 3.05) is 13.2 Å². The second kappa shape index (κ2) is 11.9. The van der Waals surface area contributed by atoms with Crippen LogP contribution in [-0.4, -0.2) is 29.8 Å². The summed E-state index contributed by atoms with van der Waals surface area (Å²) in [6.45, 7) is 24.3. The average Bonchev–Trinajstić information content (AvgIpc) is 3.43. The minimum Gasteiger partial charge on any atom is -0.416 e. The summed E-state index contributed by atoms with van der Waals surface area (Å²) in [6.07, 6.45) is 1.40. The Bertz CT molecular complexity index is 947. The first kappa shape index (κ1) is 30.1. The Labute approximate surface area is 225 Å². The van der Waals surface area contributed by atoms with Crippen molar-refractivity contribution in [3.63, 3.8) is 0 Å². The molecule has 35 heavy (non-hydrogen) atoms. The fraction of sp³-hybridized carbons (Fsp3) is 0.586. The molecule has 0 radical (unpaired) electrons. The summed E-state index contributed by atoms with van der Waals surface area (Å²) in [6, 6.07) is 8.26. The highest BCUT2D eigenvalue weighted by Crippen LogP contribution is 2.41. The highest BCUT2D eigenvalue weighted by molar-refractivity contribution is 7.10. The van der Waals surface area contributed by atoms with Gasteiger partial charge in [0.2, 0.25) is 0 Å². The smallest absolute Gasteiger partial charge is 0.192 e. The Morgan fingerprint density at radius 2 is 1.06 bits per heavy atom. The van der Waals surface area contributed by atoms with E-state index in [-0.39, 0.29) is 15.5 Å². The van der Waals surface area contributed by atoms with Crippen LogP contribution in [0.25, 0.3) is 0 Å². The van der Waals surface area contributed by atoms with Crippen LogP contribution in [0, 0.1) is 29.1 Å². The van der Waals surface area contributed by atoms with E-state index in [1.165, 1.54) is 0 Å². The maximum absolute atomic E-state index is 6.83. The van der Waals surface area contributed by atoms with Crippen molar-refractivity contribution < 1.29 is 8.85 Å². The molecule has 0 aliphatic carbocycles. The van der Waals surface area contributed by atoms with Gasteiger partial charge in [-0.2, -0.15) is 0 Å². The molecule has 0 spiro atoms. The maximum Gasteiger partial charge on any atom is 0.192 e. The van der Waals surface area contributed by atoms with Crippen LogP contribution in [-0.2, 0) is 8.85 Å². The lowest BCUT2D eigenvalue weighted by molar-refractivity contribution is 0.0725. The summed E-state index contributed by atoms with van der Waals surface area (Å²) in [4.78, 5) is 2.19. The molecule has 0 amide bonds. The summed E-state index contributed by atoms with van der Waals surface area (Å²) in [7, 11) is -3.89. The second-order valence-electron chi connectivity index (χ2n) is 12.5. The van der Waals surface area contributed by atoms with Gasteiger partial charge in [0.1, 0.15) is 0 Å². The molecule has 0 aliphatic rings. The van der Waals surface area contributed by atoms with Gasteiger partial charge in [-0.25, -0.2) is 0 Å². The van der Waals surface area contributed by atoms with Crippen LogP contribution >= 0.6 is 22.7 Å². The van der Waals surface area contributed by atoms with Crippen molar-refractivity contribution in [1.29, 1.82) is 0 Å². The third-order valence-corrected chi connectivity index (χ3v) is 18.0. The van der Waals surface area contributed by atoms with E-state index in [0.29, 0.717) is 26.1 Å². The van der Waals surface area contributed by atoms with Gasteiger partial charge in [0.15, 0.2) is 16.6 Å². The lowest BCUT2D eigenvalue weighted by Crippen LogP contribution is -2.48. The van der Waals surface area contributed by atoms with Gasteiger partial charge < -0.3 is 8.85 Å². The largest absolute Gasteiger partial charge is 0.416 e. The Morgan fingerprint density at radius 1 is 0.686 bits per heavy atom. The van der Waals surface area contributed by atoms with E-state index in [1.807, 2.05) is 0 Å². The van der Waals surface area contributed by atoms with Gasteiger partial charge in [0, 0.05) is 31.5 Å². The minimum atomic E-state index is -1.95. The molecule has 0 aromatic carbocycles. The van der Waals surface area contributed by atoms with Crippen molar-refractivity contribution in [3.8, 4) is 23.7 Å². The molecule has 2 nitrogen and oxygen atoms in total. The monoisotopic (exact) mass is 544 g/mol. The predicted molar refractivity (Wildman–Crippen MR) is 160 cm³/mol. The van der Waals surface area contributed by atoms with Crippen molar-refractivity contribution >= 4 is 39.3 Å². The molecular weight excluding hydrogens is 501 g/mol. The van der Waals surface area contributed by atoms with E-state index in [2.05, 4.69) is 126 Å². The Morgan fingerprint density at radius 3 is 1.34 bits per heavy atom. The molecule has 0 bridgehead atoms. The van der Waals surface area contributed by atoms with Crippen molar-refractivity contribution in [1.82, 2.24) is 0 Å². The fourth-order valence-electron chi connectivity index (χ4n) is 2.75. The molecule has 0 saturated heterocycles. The highest BCUT2D eigenvalue weighted by atomic mass is 32.1. The van der Waals surface area contributed by atoms with Crippen LogP contribution in [0.1, 0.15) is 64.1 Å². The topological polar surface area (TPSA) is 18.5 Å². The number of thiophene rings is 2. The molecule has 0 saturated carbocycles. The number of hydrogen-bond donors (Lipinski definition) is 0. The summed E-state index contributed by atoms with van der Waals surface area (Å²) in [5.41, 5.74) is -0.278. The quantitative estimate of drug-likeness (QED) is 0.244. The Kier molecular flexibility index (Phi) is 10.3. The van der Waals surface area contributed by atoms with Crippen LogP contribution < -0.4 is 0 Å². The van der Waals surface area contributed by atoms with Gasteiger partial charge in [-0.15, -0.1) is 22.7 Å². The van der Waals surface area contributed by atoms with Crippen molar-refractivity contribution in [2.45, 2.75) is 90.6 Å². The third kappa shape index (κ3) is 9.04. The van der Waals surface area contributed by atoms with E-state index in [9.17, 15) is 0 Å². The van der Waals surface area contributed by atoms with E-state index in [0.717, 1.165) is 9.75 Å². The highest BCUT2D eigenvalue weighted by Gasteiger charge is 2.43. The van der Waals surface area contributed by atoms with Gasteiger partial charge in [-0.3, -0.25) is 0 Å². The van der Waals surface area contributed by atoms with E-state index in [4.69, 9.17) is 8.85 Å². The molecule has 2 aromatic rings. The van der Waals surface area contributed by atoms with Gasteiger partial charge >= 0.3 is 0 Å². The zero-order valence-electron chi connectivity index (χ0n) is 23.4. The zero-order chi connectivity index (χ0) is 26.4. The van der Waals surface area contributed by atoms with Crippen molar-refractivity contribution in [3.05, 3.63) is 44.8 Å². The molecule has 0 N–H and O–H groups in total. The Balaban J connectivity index is 2.41. The van der Waals surface area contributed by atoms with E-state index in [1.54, 1.807) is 22.7 Å². The number of hydrogen-bond acceptors (Lipinski definition) is 4. The van der Waals surface area contributed by atoms with Gasteiger partial charge in [-0.05, 0) is 59.2 Å². The van der Waals surface area contributed by atoms with Crippen LogP contribution in [0.5, 0.6) is 0 Å². The van der Waals surface area contributed by atoms with Crippen LogP contribution in [0.15, 0.2) is 35.0 Å². The van der Waals surface area contributed by atoms with Gasteiger partial charge in [0.05, 0.1) is 9.75 Å². The predicted octanol–water partition coefficient (Wildman–Crippen LogP) is 9.02. The van der Waals surface area contributed by atoms with E-state index < -0.39 is 16.6 Å². The minimum absolute atomic E-state index is 0.143. The van der Waals surface area contributed by atoms with Gasteiger partial charge in [-0.1, -0.05) is 77.4 Å². The lowest BCUT2D eigenvalue weighted by atomic mass is 9.83. The summed E-state index contributed by atoms with van der Waals surface area (Å²) in [5.74, 6) is 13.7. The normalized spacial score (nSPS) is 13.1. The average molecular weight is 545 g/mol.